The largest absolute Gasteiger partial charge is 0.344 e. The first-order valence-corrected chi connectivity index (χ1v) is 7.97. The second-order valence-corrected chi connectivity index (χ2v) is 6.57. The number of rotatable bonds is 3. The zero-order valence-electron chi connectivity index (χ0n) is 12.5. The Labute approximate surface area is 135 Å². The van der Waals surface area contributed by atoms with Gasteiger partial charge in [0.2, 0.25) is 5.91 Å². The van der Waals surface area contributed by atoms with Crippen LogP contribution in [0.2, 0.25) is 5.02 Å². The van der Waals surface area contributed by atoms with Crippen LogP contribution in [0.1, 0.15) is 30.7 Å². The number of amides is 3. The first kappa shape index (κ1) is 15.2. The number of carbonyl (C=O) groups is 2. The average molecular weight is 322 g/mol. The lowest BCUT2D eigenvalue weighted by atomic mass is 10.1. The van der Waals surface area contributed by atoms with Gasteiger partial charge in [-0.2, -0.15) is 0 Å². The molecular formula is C16H20ClN3O2. The Bertz CT molecular complexity index is 593. The van der Waals surface area contributed by atoms with E-state index in [1.54, 1.807) is 11.9 Å². The number of urea groups is 1. The van der Waals surface area contributed by atoms with Gasteiger partial charge in [-0.05, 0) is 30.5 Å². The Kier molecular flexibility index (Phi) is 4.25. The Morgan fingerprint density at radius 1 is 1.36 bits per heavy atom. The molecule has 0 unspecified atom stereocenters. The Balaban J connectivity index is 1.47. The number of piperidine rings is 1. The molecule has 1 aliphatic carbocycles. The zero-order valence-corrected chi connectivity index (χ0v) is 13.3. The number of nitrogens with zero attached hydrogens (tertiary/aromatic N) is 1. The lowest BCUT2D eigenvalue weighted by Crippen LogP contribution is -2.51. The topological polar surface area (TPSA) is 61.4 Å². The van der Waals surface area contributed by atoms with Gasteiger partial charge in [-0.3, -0.25) is 4.79 Å². The average Bonchev–Trinajstić information content (AvgIpc) is 3.22. The van der Waals surface area contributed by atoms with Crippen LogP contribution in [0.25, 0.3) is 0 Å². The molecule has 1 aliphatic heterocycles. The van der Waals surface area contributed by atoms with Crippen LogP contribution in [0.15, 0.2) is 24.3 Å². The van der Waals surface area contributed by atoms with Crippen LogP contribution in [-0.2, 0) is 4.79 Å². The number of hydrogen-bond acceptors (Lipinski definition) is 2. The monoisotopic (exact) mass is 321 g/mol. The standard InChI is InChI=1S/C16H20ClN3O2/c1-20-9-12(5-6-15(20)21)18-16(22)19-14-8-13(14)10-3-2-4-11(17)7-10/h2-4,7,12-14H,5-6,8-9H2,1H3,(H2,18,19,22)/t12-,13+,14-/m1/s1. The number of benzene rings is 1. The summed E-state index contributed by atoms with van der Waals surface area (Å²) in [6.45, 7) is 0.578. The Morgan fingerprint density at radius 2 is 2.18 bits per heavy atom. The van der Waals surface area contributed by atoms with Crippen molar-refractivity contribution in [1.29, 1.82) is 0 Å². The highest BCUT2D eigenvalue weighted by Gasteiger charge is 2.39. The molecule has 3 rings (SSSR count). The van der Waals surface area contributed by atoms with Gasteiger partial charge in [-0.1, -0.05) is 23.7 Å². The number of carbonyl (C=O) groups excluding carboxylic acids is 2. The fourth-order valence-corrected chi connectivity index (χ4v) is 3.18. The molecule has 0 spiro atoms. The number of likely N-dealkylation sites (tertiary alicyclic amines) is 1. The van der Waals surface area contributed by atoms with E-state index in [0.717, 1.165) is 11.4 Å². The van der Waals surface area contributed by atoms with Gasteiger partial charge in [0.25, 0.3) is 0 Å². The number of halogens is 1. The van der Waals surface area contributed by atoms with E-state index in [1.165, 1.54) is 5.56 Å². The highest BCUT2D eigenvalue weighted by Crippen LogP contribution is 2.41. The lowest BCUT2D eigenvalue weighted by molar-refractivity contribution is -0.132. The molecule has 1 aromatic carbocycles. The molecule has 2 N–H and O–H groups in total. The quantitative estimate of drug-likeness (QED) is 0.895. The maximum Gasteiger partial charge on any atom is 0.315 e. The molecule has 1 aromatic rings. The highest BCUT2D eigenvalue weighted by molar-refractivity contribution is 6.30. The van der Waals surface area contributed by atoms with Crippen LogP contribution in [0.5, 0.6) is 0 Å². The summed E-state index contributed by atoms with van der Waals surface area (Å²) in [6, 6.07) is 7.83. The molecule has 6 heteroatoms. The molecule has 118 valence electrons. The van der Waals surface area contributed by atoms with E-state index in [-0.39, 0.29) is 24.0 Å². The summed E-state index contributed by atoms with van der Waals surface area (Å²) in [4.78, 5) is 25.1. The van der Waals surface area contributed by atoms with Gasteiger partial charge >= 0.3 is 6.03 Å². The summed E-state index contributed by atoms with van der Waals surface area (Å²) in [5.41, 5.74) is 1.17. The van der Waals surface area contributed by atoms with Crippen LogP contribution < -0.4 is 10.6 Å². The van der Waals surface area contributed by atoms with Crippen LogP contribution in [-0.4, -0.2) is 42.5 Å². The van der Waals surface area contributed by atoms with Gasteiger partial charge in [0.15, 0.2) is 0 Å². The molecular weight excluding hydrogens is 302 g/mol. The van der Waals surface area contributed by atoms with Crippen LogP contribution >= 0.6 is 11.6 Å². The van der Waals surface area contributed by atoms with Crippen molar-refractivity contribution < 1.29 is 9.59 Å². The summed E-state index contributed by atoms with van der Waals surface area (Å²) in [7, 11) is 1.77. The van der Waals surface area contributed by atoms with Gasteiger partial charge in [0.1, 0.15) is 0 Å². The van der Waals surface area contributed by atoms with Gasteiger partial charge in [0, 0.05) is 43.0 Å². The minimum atomic E-state index is -0.151. The fraction of sp³-hybridized carbons (Fsp3) is 0.500. The van der Waals surface area contributed by atoms with Gasteiger partial charge in [-0.15, -0.1) is 0 Å². The van der Waals surface area contributed by atoms with Crippen molar-refractivity contribution in [1.82, 2.24) is 15.5 Å². The van der Waals surface area contributed by atoms with Gasteiger partial charge in [-0.25, -0.2) is 4.79 Å². The summed E-state index contributed by atoms with van der Waals surface area (Å²) in [5.74, 6) is 0.488. The van der Waals surface area contributed by atoms with Crippen molar-refractivity contribution in [3.63, 3.8) is 0 Å². The van der Waals surface area contributed by atoms with Gasteiger partial charge in [0.05, 0.1) is 0 Å². The molecule has 1 saturated carbocycles. The lowest BCUT2D eigenvalue weighted by Gasteiger charge is -2.30. The molecule has 1 saturated heterocycles. The van der Waals surface area contributed by atoms with E-state index in [2.05, 4.69) is 10.6 Å². The van der Waals surface area contributed by atoms with Crippen molar-refractivity contribution in [3.05, 3.63) is 34.9 Å². The second-order valence-electron chi connectivity index (χ2n) is 6.13. The third-order valence-electron chi connectivity index (χ3n) is 4.35. The summed E-state index contributed by atoms with van der Waals surface area (Å²) < 4.78 is 0. The van der Waals surface area contributed by atoms with Crippen molar-refractivity contribution in [2.75, 3.05) is 13.6 Å². The van der Waals surface area contributed by atoms with Crippen molar-refractivity contribution in [3.8, 4) is 0 Å². The van der Waals surface area contributed by atoms with E-state index in [0.29, 0.717) is 25.3 Å². The third kappa shape index (κ3) is 3.53. The van der Waals surface area contributed by atoms with E-state index in [9.17, 15) is 9.59 Å². The molecule has 5 nitrogen and oxygen atoms in total. The Hall–Kier alpha value is -1.75. The normalized spacial score (nSPS) is 27.5. The molecule has 1 heterocycles. The molecule has 3 atom stereocenters. The SMILES string of the molecule is CN1C[C@H](NC(=O)N[C@@H]2C[C@H]2c2cccc(Cl)c2)CCC1=O. The van der Waals surface area contributed by atoms with Crippen LogP contribution in [0, 0.1) is 0 Å². The van der Waals surface area contributed by atoms with Crippen molar-refractivity contribution >= 4 is 23.5 Å². The Morgan fingerprint density at radius 3 is 2.91 bits per heavy atom. The molecule has 22 heavy (non-hydrogen) atoms. The first-order valence-electron chi connectivity index (χ1n) is 7.59. The van der Waals surface area contributed by atoms with E-state index in [1.807, 2.05) is 24.3 Å². The van der Waals surface area contributed by atoms with E-state index < -0.39 is 0 Å². The maximum atomic E-state index is 12.0. The van der Waals surface area contributed by atoms with Gasteiger partial charge < -0.3 is 15.5 Å². The number of likely N-dealkylation sites (N-methyl/N-ethyl adjacent to an activating group) is 1. The van der Waals surface area contributed by atoms with Crippen molar-refractivity contribution in [2.45, 2.75) is 37.3 Å². The predicted octanol–water partition coefficient (Wildman–Crippen LogP) is 2.12. The highest BCUT2D eigenvalue weighted by atomic mass is 35.5. The minimum absolute atomic E-state index is 0.0334. The zero-order chi connectivity index (χ0) is 15.7. The smallest absolute Gasteiger partial charge is 0.315 e. The second kappa shape index (κ2) is 6.16. The van der Waals surface area contributed by atoms with Crippen molar-refractivity contribution in [2.24, 2.45) is 0 Å². The molecule has 0 aromatic heterocycles. The summed E-state index contributed by atoms with van der Waals surface area (Å²) >= 11 is 5.99. The summed E-state index contributed by atoms with van der Waals surface area (Å²) in [5, 5.41) is 6.68. The summed E-state index contributed by atoms with van der Waals surface area (Å²) in [6.07, 6.45) is 2.14. The fourth-order valence-electron chi connectivity index (χ4n) is 2.99. The predicted molar refractivity (Wildman–Crippen MR) is 84.9 cm³/mol. The molecule has 2 fully saturated rings. The van der Waals surface area contributed by atoms with Crippen LogP contribution in [0.3, 0.4) is 0 Å². The number of hydrogen-bond donors (Lipinski definition) is 2. The number of nitrogens with one attached hydrogen (secondary N) is 2. The maximum absolute atomic E-state index is 12.0. The molecule has 3 amide bonds. The first-order chi connectivity index (χ1) is 10.5. The van der Waals surface area contributed by atoms with Crippen LogP contribution in [0.4, 0.5) is 4.79 Å². The molecule has 2 aliphatic rings. The third-order valence-corrected chi connectivity index (χ3v) is 4.58. The van der Waals surface area contributed by atoms with E-state index in [4.69, 9.17) is 11.6 Å². The minimum Gasteiger partial charge on any atom is -0.344 e. The van der Waals surface area contributed by atoms with E-state index >= 15 is 0 Å². The molecule has 0 bridgehead atoms. The molecule has 0 radical (unpaired) electrons.